The number of benzene rings is 6. The predicted molar refractivity (Wildman–Crippen MR) is 217 cm³/mol. The molecule has 0 nitrogen and oxygen atoms in total. The van der Waals surface area contributed by atoms with E-state index in [1.807, 2.05) is 0 Å². The van der Waals surface area contributed by atoms with Gasteiger partial charge in [-0.15, -0.1) is 69.1 Å². The van der Waals surface area contributed by atoms with E-state index in [1.54, 1.807) is 0 Å². The van der Waals surface area contributed by atoms with Crippen LogP contribution in [0.5, 0.6) is 0 Å². The Labute approximate surface area is 320 Å². The van der Waals surface area contributed by atoms with E-state index in [4.69, 9.17) is 0 Å². The molecule has 0 amide bonds. The first kappa shape index (κ1) is 36.9. The summed E-state index contributed by atoms with van der Waals surface area (Å²) in [4.78, 5) is 0. The molecule has 0 aliphatic carbocycles. The molecule has 8 rings (SSSR count). The number of hydrogen-bond donors (Lipinski definition) is 0. The molecule has 2 radical (unpaired) electrons. The van der Waals surface area contributed by atoms with Gasteiger partial charge in [-0.05, 0) is 61.1 Å². The maximum absolute atomic E-state index is 2.32. The van der Waals surface area contributed by atoms with Gasteiger partial charge in [0.25, 0.3) is 0 Å². The molecule has 8 aromatic rings. The third-order valence-electron chi connectivity index (χ3n) is 9.51. The van der Waals surface area contributed by atoms with Gasteiger partial charge in [-0.2, -0.15) is 0 Å². The fourth-order valence-electron chi connectivity index (χ4n) is 6.62. The molecule has 2 heteroatoms. The van der Waals surface area contributed by atoms with Crippen molar-refractivity contribution in [1.29, 1.82) is 0 Å². The Morgan fingerprint density at radius 1 is 0.400 bits per heavy atom. The SMILES string of the molecule is C[Si]C.Cc1cccc(-c2cccc3[cH-]c(-c4ccccc4)cc23)c1C.Cc1cccc(-c2cccc3[cH-]c(-c4ccccc4)cc23)c1C.[Hf]. The number of rotatable bonds is 4. The molecule has 0 aliphatic rings. The fourth-order valence-corrected chi connectivity index (χ4v) is 6.62. The van der Waals surface area contributed by atoms with Crippen LogP contribution >= 0.6 is 0 Å². The van der Waals surface area contributed by atoms with Crippen LogP contribution < -0.4 is 0 Å². The van der Waals surface area contributed by atoms with Crippen molar-refractivity contribution in [3.8, 4) is 44.5 Å². The summed E-state index contributed by atoms with van der Waals surface area (Å²) in [5.41, 5.74) is 15.9. The molecule has 0 aromatic heterocycles. The third-order valence-corrected chi connectivity index (χ3v) is 9.51. The summed E-state index contributed by atoms with van der Waals surface area (Å²) in [6.45, 7) is 13.1. The van der Waals surface area contributed by atoms with Gasteiger partial charge in [-0.25, -0.2) is 0 Å². The van der Waals surface area contributed by atoms with Gasteiger partial charge in [0.1, 0.15) is 0 Å². The van der Waals surface area contributed by atoms with Gasteiger partial charge in [0.15, 0.2) is 0 Å². The van der Waals surface area contributed by atoms with Crippen molar-refractivity contribution >= 4 is 31.1 Å². The molecule has 0 atom stereocenters. The zero-order valence-electron chi connectivity index (χ0n) is 30.0. The summed E-state index contributed by atoms with van der Waals surface area (Å²) in [7, 11) is 1.08. The van der Waals surface area contributed by atoms with E-state index in [9.17, 15) is 0 Å². The Kier molecular flexibility index (Phi) is 12.6. The van der Waals surface area contributed by atoms with Crippen LogP contribution in [0.3, 0.4) is 0 Å². The van der Waals surface area contributed by atoms with E-state index >= 15 is 0 Å². The van der Waals surface area contributed by atoms with E-state index in [1.165, 1.54) is 88.3 Å². The molecule has 50 heavy (non-hydrogen) atoms. The molecule has 0 spiro atoms. The monoisotopic (exact) mass is 828 g/mol. The minimum absolute atomic E-state index is 0. The average Bonchev–Trinajstić information content (AvgIpc) is 3.78. The van der Waals surface area contributed by atoms with Gasteiger partial charge in [0, 0.05) is 35.4 Å². The second-order valence-corrected chi connectivity index (χ2v) is 13.8. The van der Waals surface area contributed by atoms with E-state index in [0.717, 1.165) is 9.52 Å². The van der Waals surface area contributed by atoms with Crippen molar-refractivity contribution in [3.63, 3.8) is 0 Å². The molecule has 8 aromatic carbocycles. The van der Waals surface area contributed by atoms with Gasteiger partial charge in [-0.3, -0.25) is 0 Å². The Bertz CT molecular complexity index is 2140. The van der Waals surface area contributed by atoms with Crippen molar-refractivity contribution in [2.45, 2.75) is 40.8 Å². The van der Waals surface area contributed by atoms with E-state index < -0.39 is 0 Å². The van der Waals surface area contributed by atoms with E-state index in [-0.39, 0.29) is 25.8 Å². The van der Waals surface area contributed by atoms with Crippen LogP contribution in [-0.4, -0.2) is 9.52 Å². The topological polar surface area (TPSA) is 0 Å². The molecule has 246 valence electrons. The Morgan fingerprint density at radius 3 is 1.12 bits per heavy atom. The van der Waals surface area contributed by atoms with Crippen LogP contribution in [0.2, 0.25) is 13.1 Å². The zero-order chi connectivity index (χ0) is 34.3. The quantitative estimate of drug-likeness (QED) is 0.122. The molecule has 0 bridgehead atoms. The van der Waals surface area contributed by atoms with Crippen LogP contribution in [0.15, 0.2) is 158 Å². The zero-order valence-corrected chi connectivity index (χ0v) is 34.6. The van der Waals surface area contributed by atoms with Crippen molar-refractivity contribution < 1.29 is 25.8 Å². The second-order valence-electron chi connectivity index (χ2n) is 12.8. The minimum atomic E-state index is 0. The third kappa shape index (κ3) is 7.99. The van der Waals surface area contributed by atoms with Crippen molar-refractivity contribution in [3.05, 3.63) is 180 Å². The molecular weight excluding hydrogens is 783 g/mol. The normalized spacial score (nSPS) is 10.5. The molecule has 0 saturated heterocycles. The van der Waals surface area contributed by atoms with E-state index in [2.05, 4.69) is 199 Å². The maximum Gasteiger partial charge on any atom is 0.0307 e. The van der Waals surface area contributed by atoms with Gasteiger partial charge in [0.2, 0.25) is 0 Å². The largest absolute Gasteiger partial charge is 0.144 e. The van der Waals surface area contributed by atoms with E-state index in [0.29, 0.717) is 0 Å². The minimum Gasteiger partial charge on any atom is -0.144 e. The first-order chi connectivity index (χ1) is 23.9. The Morgan fingerprint density at radius 2 is 0.740 bits per heavy atom. The molecule has 0 unspecified atom stereocenters. The van der Waals surface area contributed by atoms with Crippen LogP contribution in [0.1, 0.15) is 22.3 Å². The first-order valence-electron chi connectivity index (χ1n) is 17.1. The second kappa shape index (κ2) is 17.0. The molecule has 0 fully saturated rings. The summed E-state index contributed by atoms with van der Waals surface area (Å²) in [6.07, 6.45) is 0. The fraction of sp³-hybridized carbons (Fsp3) is 0.125. The standard InChI is InChI=1S/2C23H19.C2H6Si.Hf/c2*1-16-8-6-12-21(17(16)2)22-13-7-11-19-14-20(15-23(19)22)18-9-4-3-5-10-18;1-3-2;/h2*3-15H,1-2H3;1-2H3;/q2*-1;;. The number of aryl methyl sites for hydroxylation is 2. The average molecular weight is 827 g/mol. The molecule has 0 heterocycles. The van der Waals surface area contributed by atoms with Gasteiger partial charge >= 0.3 is 0 Å². The summed E-state index contributed by atoms with van der Waals surface area (Å²) < 4.78 is 0. The van der Waals surface area contributed by atoms with Crippen molar-refractivity contribution in [2.24, 2.45) is 0 Å². The molecule has 0 N–H and O–H groups in total. The molecule has 0 saturated carbocycles. The van der Waals surface area contributed by atoms with Crippen LogP contribution in [0, 0.1) is 27.7 Å². The smallest absolute Gasteiger partial charge is 0.0307 e. The molecular formula is C48H44HfSi-2. The van der Waals surface area contributed by atoms with Gasteiger partial charge in [-0.1, -0.05) is 157 Å². The van der Waals surface area contributed by atoms with Gasteiger partial charge in [0.05, 0.1) is 0 Å². The summed E-state index contributed by atoms with van der Waals surface area (Å²) in [5.74, 6) is 0. The predicted octanol–water partition coefficient (Wildman–Crippen LogP) is 13.8. The Balaban J connectivity index is 0.000000177. The van der Waals surface area contributed by atoms with Gasteiger partial charge < -0.3 is 0 Å². The summed E-state index contributed by atoms with van der Waals surface area (Å²) in [6, 6.07) is 56.7. The summed E-state index contributed by atoms with van der Waals surface area (Å²) in [5, 5.41) is 5.28. The van der Waals surface area contributed by atoms with Crippen molar-refractivity contribution in [2.75, 3.05) is 0 Å². The van der Waals surface area contributed by atoms with Crippen LogP contribution in [0.4, 0.5) is 0 Å². The maximum atomic E-state index is 2.32. The number of hydrogen-bond acceptors (Lipinski definition) is 0. The first-order valence-corrected chi connectivity index (χ1v) is 19.1. The van der Waals surface area contributed by atoms with Crippen LogP contribution in [0.25, 0.3) is 66.1 Å². The number of fused-ring (bicyclic) bond motifs is 2. The Hall–Kier alpha value is -4.37. The molecule has 0 aliphatic heterocycles. The van der Waals surface area contributed by atoms with Crippen molar-refractivity contribution in [1.82, 2.24) is 0 Å². The summed E-state index contributed by atoms with van der Waals surface area (Å²) >= 11 is 0. The van der Waals surface area contributed by atoms with Crippen LogP contribution in [-0.2, 0) is 25.8 Å².